The van der Waals surface area contributed by atoms with E-state index >= 15 is 0 Å². The Morgan fingerprint density at radius 1 is 0.911 bits per heavy atom. The fraction of sp³-hybridized carbons (Fsp3) is 0.391. The number of nitrogens with two attached hydrogens (primary N) is 1. The van der Waals surface area contributed by atoms with Gasteiger partial charge in [-0.2, -0.15) is 4.98 Å². The van der Waals surface area contributed by atoms with Crippen molar-refractivity contribution in [3.05, 3.63) is 114 Å². The monoisotopic (exact) mass is 770 g/mol. The Morgan fingerprint density at radius 2 is 1.61 bits per heavy atom. The van der Waals surface area contributed by atoms with Gasteiger partial charge in [-0.25, -0.2) is 4.98 Å². The van der Waals surface area contributed by atoms with Crippen LogP contribution in [0.1, 0.15) is 77.3 Å². The van der Waals surface area contributed by atoms with Gasteiger partial charge in [-0.1, -0.05) is 119 Å². The lowest BCUT2D eigenvalue weighted by Gasteiger charge is -2.43. The number of hydrogen-bond acceptors (Lipinski definition) is 8. The third-order valence-electron chi connectivity index (χ3n) is 11.5. The molecule has 6 aromatic rings. The smallest absolute Gasteiger partial charge is 0.261 e. The van der Waals surface area contributed by atoms with E-state index in [-0.39, 0.29) is 29.2 Å². The molecule has 0 saturated heterocycles. The summed E-state index contributed by atoms with van der Waals surface area (Å²) in [5.74, 6) is 1.77. The van der Waals surface area contributed by atoms with Crippen LogP contribution < -0.4 is 31.5 Å². The van der Waals surface area contributed by atoms with Crippen molar-refractivity contribution in [1.29, 1.82) is 0 Å². The van der Waals surface area contributed by atoms with E-state index in [4.69, 9.17) is 24.9 Å². The summed E-state index contributed by atoms with van der Waals surface area (Å²) in [5, 5.41) is 21.3. The lowest BCUT2D eigenvalue weighted by Crippen LogP contribution is -2.66. The summed E-state index contributed by atoms with van der Waals surface area (Å²) in [5.41, 5.74) is 11.5. The van der Waals surface area contributed by atoms with Crippen LogP contribution in [0.3, 0.4) is 0 Å². The van der Waals surface area contributed by atoms with Crippen molar-refractivity contribution in [2.75, 3.05) is 24.8 Å². The molecule has 4 aromatic carbocycles. The molecule has 3 atom stereocenters. The van der Waals surface area contributed by atoms with Gasteiger partial charge >= 0.3 is 0 Å². The van der Waals surface area contributed by atoms with Gasteiger partial charge < -0.3 is 35.2 Å². The van der Waals surface area contributed by atoms with Gasteiger partial charge in [0.05, 0.1) is 25.3 Å². The minimum absolute atomic E-state index is 0.0806. The van der Waals surface area contributed by atoms with E-state index in [1.54, 1.807) is 7.11 Å². The molecule has 0 amide bonds. The summed E-state index contributed by atoms with van der Waals surface area (Å²) in [7, 11) is -0.975. The lowest BCUT2D eigenvalue weighted by atomic mass is 10.1. The highest BCUT2D eigenvalue weighted by atomic mass is 28.4. The number of aliphatic hydroxyl groups excluding tert-OH is 1. The fourth-order valence-corrected chi connectivity index (χ4v) is 13.4. The number of rotatable bonds is 16. The molecular formula is C46H58N6O3Si. The number of methoxy groups -OCH3 is 1. The van der Waals surface area contributed by atoms with Gasteiger partial charge in [0, 0.05) is 36.2 Å². The number of nitrogens with one attached hydrogen (secondary N) is 2. The van der Waals surface area contributed by atoms with Crippen LogP contribution in [0.5, 0.6) is 5.75 Å². The minimum atomic E-state index is -2.70. The van der Waals surface area contributed by atoms with Crippen LogP contribution in [0, 0.1) is 0 Å². The molecule has 0 spiro atoms. The number of anilines is 2. The summed E-state index contributed by atoms with van der Waals surface area (Å²) >= 11 is 0. The van der Waals surface area contributed by atoms with Crippen molar-refractivity contribution in [1.82, 2.24) is 19.9 Å². The second-order valence-electron chi connectivity index (χ2n) is 16.3. The van der Waals surface area contributed by atoms with E-state index in [2.05, 4.69) is 134 Å². The Bertz CT molecular complexity index is 2180. The van der Waals surface area contributed by atoms with Crippen molar-refractivity contribution in [2.45, 2.75) is 103 Å². The van der Waals surface area contributed by atoms with Crippen LogP contribution in [-0.4, -0.2) is 59.9 Å². The molecule has 56 heavy (non-hydrogen) atoms. The summed E-state index contributed by atoms with van der Waals surface area (Å²) in [6.45, 7) is 11.0. The maximum absolute atomic E-state index is 10.4. The van der Waals surface area contributed by atoms with E-state index in [9.17, 15) is 5.11 Å². The van der Waals surface area contributed by atoms with Gasteiger partial charge in [0.2, 0.25) is 5.95 Å². The van der Waals surface area contributed by atoms with Crippen LogP contribution in [0.2, 0.25) is 5.04 Å². The number of nitrogen functional groups attached to an aromatic ring is 1. The molecule has 1 fully saturated rings. The molecule has 2 heterocycles. The first-order chi connectivity index (χ1) is 27.1. The number of para-hydroxylation sites is 1. The average Bonchev–Trinajstić information content (AvgIpc) is 3.75. The summed E-state index contributed by atoms with van der Waals surface area (Å²) in [6, 6.07) is 36.6. The zero-order chi connectivity index (χ0) is 39.3. The van der Waals surface area contributed by atoms with Crippen LogP contribution in [-0.2, 0) is 17.5 Å². The van der Waals surface area contributed by atoms with Crippen LogP contribution in [0.15, 0.2) is 103 Å². The molecule has 10 heteroatoms. The molecule has 0 radical (unpaired) electrons. The van der Waals surface area contributed by atoms with Crippen LogP contribution >= 0.6 is 0 Å². The van der Waals surface area contributed by atoms with Gasteiger partial charge in [-0.15, -0.1) is 0 Å². The van der Waals surface area contributed by atoms with Gasteiger partial charge in [0.25, 0.3) is 8.32 Å². The first-order valence-corrected chi connectivity index (χ1v) is 22.2. The van der Waals surface area contributed by atoms with E-state index in [1.165, 1.54) is 10.4 Å². The van der Waals surface area contributed by atoms with Crippen molar-refractivity contribution in [2.24, 2.45) is 0 Å². The number of aliphatic hydroxyl groups is 1. The SMILES string of the molecule is CCC[C@@H](CCO[Si](c1ccccc1)(c1ccccc1)C(C)(C)C)Nc1nc(N)nc2c3ccccc3n(Cc3cc(CN[C@H]4CCC[C@H]4O)ccc3OC)c12. The number of benzene rings is 4. The van der Waals surface area contributed by atoms with Gasteiger partial charge in [0.15, 0.2) is 5.82 Å². The molecule has 0 unspecified atom stereocenters. The molecule has 5 N–H and O–H groups in total. The quantitative estimate of drug-likeness (QED) is 0.0738. The summed E-state index contributed by atoms with van der Waals surface area (Å²) in [6.07, 6.45) is 5.35. The van der Waals surface area contributed by atoms with E-state index in [0.717, 1.165) is 83.2 Å². The molecular weight excluding hydrogens is 713 g/mol. The summed E-state index contributed by atoms with van der Waals surface area (Å²) < 4.78 is 15.6. The number of ether oxygens (including phenoxy) is 1. The molecule has 1 saturated carbocycles. The second kappa shape index (κ2) is 17.2. The third-order valence-corrected chi connectivity index (χ3v) is 16.6. The Kier molecular flexibility index (Phi) is 12.1. The molecule has 1 aliphatic rings. The van der Waals surface area contributed by atoms with Crippen LogP contribution in [0.25, 0.3) is 21.9 Å². The third kappa shape index (κ3) is 8.07. The normalized spacial score (nSPS) is 16.8. The second-order valence-corrected chi connectivity index (χ2v) is 20.6. The zero-order valence-electron chi connectivity index (χ0n) is 33.6. The standard InChI is InChI=1S/C46H58N6O3Si/c1-6-16-34(27-28-55-56(46(2,3)4,35-17-9-7-10-18-35)36-19-11-8-12-20-36)49-44-43-42(50-45(47)51-44)37-21-13-14-23-39(37)52(43)31-33-29-32(25-26-41(33)54-5)30-48-38-22-15-24-40(38)53/h7-14,17-21,23,25-26,29,34,38,40,48,53H,6,15-16,22,24,27-28,30-31H2,1-5H3,(H3,47,49,50,51)/t34-,38-,40+/m0/s1. The van der Waals surface area contributed by atoms with E-state index < -0.39 is 8.32 Å². The molecule has 2 aromatic heterocycles. The fourth-order valence-electron chi connectivity index (χ4n) is 8.82. The summed E-state index contributed by atoms with van der Waals surface area (Å²) in [4.78, 5) is 9.72. The van der Waals surface area contributed by atoms with Crippen LogP contribution in [0.4, 0.5) is 11.8 Å². The molecule has 7 rings (SSSR count). The predicted octanol–water partition coefficient (Wildman–Crippen LogP) is 7.77. The van der Waals surface area contributed by atoms with Gasteiger partial charge in [-0.05, 0) is 71.3 Å². The van der Waals surface area contributed by atoms with Crippen molar-refractivity contribution in [3.8, 4) is 5.75 Å². The molecule has 9 nitrogen and oxygen atoms in total. The minimum Gasteiger partial charge on any atom is -0.496 e. The van der Waals surface area contributed by atoms with E-state index in [1.807, 2.05) is 12.1 Å². The maximum atomic E-state index is 10.4. The molecule has 0 bridgehead atoms. The zero-order valence-corrected chi connectivity index (χ0v) is 34.6. The number of aromatic nitrogens is 3. The molecule has 294 valence electrons. The van der Waals surface area contributed by atoms with Gasteiger partial charge in [0.1, 0.15) is 16.8 Å². The topological polar surface area (TPSA) is 119 Å². The Hall–Kier alpha value is -4.74. The first-order valence-electron chi connectivity index (χ1n) is 20.3. The van der Waals surface area contributed by atoms with E-state index in [0.29, 0.717) is 19.7 Å². The molecule has 1 aliphatic carbocycles. The van der Waals surface area contributed by atoms with Crippen molar-refractivity contribution < 1.29 is 14.3 Å². The predicted molar refractivity (Wildman–Crippen MR) is 233 cm³/mol. The van der Waals surface area contributed by atoms with Gasteiger partial charge in [-0.3, -0.25) is 0 Å². The number of hydrogen-bond donors (Lipinski definition) is 4. The average molecular weight is 771 g/mol. The Morgan fingerprint density at radius 3 is 2.25 bits per heavy atom. The largest absolute Gasteiger partial charge is 0.496 e. The number of nitrogens with zero attached hydrogens (tertiary/aromatic N) is 3. The number of fused-ring (bicyclic) bond motifs is 3. The Balaban J connectivity index is 1.22. The van der Waals surface area contributed by atoms with Crippen molar-refractivity contribution in [3.63, 3.8) is 0 Å². The highest BCUT2D eigenvalue weighted by Gasteiger charge is 2.50. The first kappa shape index (κ1) is 39.5. The maximum Gasteiger partial charge on any atom is 0.261 e. The highest BCUT2D eigenvalue weighted by molar-refractivity contribution is 6.99. The Labute approximate surface area is 332 Å². The van der Waals surface area contributed by atoms with Crippen molar-refractivity contribution >= 4 is 52.4 Å². The lowest BCUT2D eigenvalue weighted by molar-refractivity contribution is 0.148. The molecule has 0 aliphatic heterocycles. The highest BCUT2D eigenvalue weighted by Crippen LogP contribution is 2.38.